The molecule has 1 fully saturated rings. The van der Waals surface area contributed by atoms with E-state index < -0.39 is 4.92 Å². The van der Waals surface area contributed by atoms with E-state index in [1.54, 1.807) is 36.8 Å². The summed E-state index contributed by atoms with van der Waals surface area (Å²) in [4.78, 5) is 34.2. The van der Waals surface area contributed by atoms with Gasteiger partial charge in [-0.15, -0.1) is 0 Å². The van der Waals surface area contributed by atoms with Crippen molar-refractivity contribution in [2.45, 2.75) is 18.5 Å². The van der Waals surface area contributed by atoms with E-state index in [0.29, 0.717) is 77.1 Å². The Balaban J connectivity index is 1.49. The van der Waals surface area contributed by atoms with Crippen LogP contribution in [0.1, 0.15) is 18.3 Å². The van der Waals surface area contributed by atoms with Gasteiger partial charge < -0.3 is 15.0 Å². The molecule has 1 saturated heterocycles. The molecular formula is C26H25Cl2N8O3. The standard InChI is InChI=1S/C26H25Cl2N8O3/c1-16(33-23-5-3-18(14-31-23)36(37)38)12-22(35-8-10-39-11-9-35)26-32-15-20(25-29-6-7-30-25)24(34-26)19-4-2-17(27)13-21(19)28/h2-7,13-16,22H,1,8-12H2,(H,29,30)(H,31,33). The van der Waals surface area contributed by atoms with Crippen LogP contribution in [0.2, 0.25) is 10.0 Å². The summed E-state index contributed by atoms with van der Waals surface area (Å²) in [5, 5.41) is 15.2. The first-order valence-electron chi connectivity index (χ1n) is 12.2. The normalized spacial score (nSPS) is 15.6. The molecule has 2 atom stereocenters. The molecule has 0 saturated carbocycles. The van der Waals surface area contributed by atoms with Crippen LogP contribution < -0.4 is 5.32 Å². The van der Waals surface area contributed by atoms with Crippen LogP contribution in [0.3, 0.4) is 0 Å². The monoisotopic (exact) mass is 567 g/mol. The number of hydrogen-bond acceptors (Lipinski definition) is 9. The zero-order valence-corrected chi connectivity index (χ0v) is 22.3. The maximum Gasteiger partial charge on any atom is 0.287 e. The molecule has 5 rings (SSSR count). The third-order valence-corrected chi connectivity index (χ3v) is 6.90. The Morgan fingerprint density at radius 3 is 2.62 bits per heavy atom. The van der Waals surface area contributed by atoms with Crippen LogP contribution in [-0.2, 0) is 4.74 Å². The van der Waals surface area contributed by atoms with Crippen molar-refractivity contribution in [1.29, 1.82) is 0 Å². The number of aromatic amines is 1. The number of nitrogens with one attached hydrogen (secondary N) is 2. The van der Waals surface area contributed by atoms with Gasteiger partial charge in [0.1, 0.15) is 23.7 Å². The van der Waals surface area contributed by atoms with Crippen molar-refractivity contribution in [2.75, 3.05) is 31.6 Å². The Kier molecular flexibility index (Phi) is 8.32. The largest absolute Gasteiger partial charge is 0.379 e. The number of rotatable bonds is 9. The second-order valence-electron chi connectivity index (χ2n) is 8.95. The number of morpholine rings is 1. The number of benzene rings is 1. The summed E-state index contributed by atoms with van der Waals surface area (Å²) in [6.07, 6.45) is 6.90. The fourth-order valence-corrected chi connectivity index (χ4v) is 4.95. The number of pyridine rings is 1. The topological polar surface area (TPSA) is 135 Å². The van der Waals surface area contributed by atoms with E-state index in [0.717, 1.165) is 0 Å². The first kappa shape index (κ1) is 26.9. The second-order valence-corrected chi connectivity index (χ2v) is 9.80. The van der Waals surface area contributed by atoms with Crippen LogP contribution in [-0.4, -0.2) is 67.1 Å². The first-order chi connectivity index (χ1) is 18.9. The predicted octanol–water partition coefficient (Wildman–Crippen LogP) is 5.22. The molecule has 2 unspecified atom stereocenters. The number of ether oxygens (including phenoxy) is 1. The highest BCUT2D eigenvalue weighted by Crippen LogP contribution is 2.36. The number of imidazole rings is 1. The first-order valence-corrected chi connectivity index (χ1v) is 13.0. The van der Waals surface area contributed by atoms with E-state index in [9.17, 15) is 10.1 Å². The lowest BCUT2D eigenvalue weighted by molar-refractivity contribution is -0.385. The highest BCUT2D eigenvalue weighted by Gasteiger charge is 2.28. The number of nitrogens with zero attached hydrogens (tertiary/aromatic N) is 6. The Morgan fingerprint density at radius 2 is 1.95 bits per heavy atom. The van der Waals surface area contributed by atoms with Crippen LogP contribution in [0.4, 0.5) is 11.5 Å². The number of aromatic nitrogens is 5. The highest BCUT2D eigenvalue weighted by molar-refractivity contribution is 6.36. The van der Waals surface area contributed by atoms with Gasteiger partial charge in [-0.25, -0.2) is 19.9 Å². The zero-order valence-electron chi connectivity index (χ0n) is 20.8. The van der Waals surface area contributed by atoms with E-state index in [-0.39, 0.29) is 17.8 Å². The maximum atomic E-state index is 11.0. The van der Waals surface area contributed by atoms with E-state index in [1.807, 2.05) is 6.07 Å². The average molecular weight is 568 g/mol. The van der Waals surface area contributed by atoms with Crippen molar-refractivity contribution in [3.63, 3.8) is 0 Å². The van der Waals surface area contributed by atoms with Gasteiger partial charge in [-0.2, -0.15) is 0 Å². The van der Waals surface area contributed by atoms with Crippen molar-refractivity contribution >= 4 is 34.7 Å². The van der Waals surface area contributed by atoms with Gasteiger partial charge >= 0.3 is 0 Å². The molecular weight excluding hydrogens is 543 g/mol. The summed E-state index contributed by atoms with van der Waals surface area (Å²) < 4.78 is 5.58. The van der Waals surface area contributed by atoms with E-state index in [4.69, 9.17) is 37.9 Å². The molecule has 1 aliphatic heterocycles. The fraction of sp³-hybridized carbons (Fsp3) is 0.269. The number of hydrogen-bond donors (Lipinski definition) is 2. The fourth-order valence-electron chi connectivity index (χ4n) is 4.45. The van der Waals surface area contributed by atoms with Crippen molar-refractivity contribution in [3.05, 3.63) is 88.0 Å². The Labute approximate surface area is 234 Å². The van der Waals surface area contributed by atoms with Crippen molar-refractivity contribution in [2.24, 2.45) is 0 Å². The smallest absolute Gasteiger partial charge is 0.287 e. The Hall–Kier alpha value is -3.64. The number of nitro groups is 1. The summed E-state index contributed by atoms with van der Waals surface area (Å²) in [5.41, 5.74) is 1.95. The molecule has 13 heteroatoms. The minimum absolute atomic E-state index is 0.0780. The van der Waals surface area contributed by atoms with Crippen molar-refractivity contribution in [3.8, 4) is 22.6 Å². The van der Waals surface area contributed by atoms with Gasteiger partial charge in [-0.05, 0) is 37.6 Å². The summed E-state index contributed by atoms with van der Waals surface area (Å²) in [6.45, 7) is 6.85. The van der Waals surface area contributed by atoms with Crippen molar-refractivity contribution in [1.82, 2.24) is 29.8 Å². The lowest BCUT2D eigenvalue weighted by Gasteiger charge is -2.35. The highest BCUT2D eigenvalue weighted by atomic mass is 35.5. The SMILES string of the molecule is [CH2]C(CC(c1ncc(-c2ncc[nH]2)c(-c2ccc(Cl)cc2Cl)n1)N1CCOCC1)Nc1ccc([N+](=O)[O-])cn1. The predicted molar refractivity (Wildman–Crippen MR) is 148 cm³/mol. The van der Waals surface area contributed by atoms with E-state index in [1.165, 1.54) is 12.3 Å². The third kappa shape index (κ3) is 6.34. The quantitative estimate of drug-likeness (QED) is 0.206. The molecule has 1 aromatic carbocycles. The molecule has 0 aliphatic carbocycles. The molecule has 1 aliphatic rings. The molecule has 0 spiro atoms. The summed E-state index contributed by atoms with van der Waals surface area (Å²) in [6, 6.07) is 7.73. The molecule has 1 radical (unpaired) electrons. The van der Waals surface area contributed by atoms with Crippen LogP contribution in [0.15, 0.2) is 55.1 Å². The zero-order chi connectivity index (χ0) is 27.4. The van der Waals surface area contributed by atoms with Crippen LogP contribution in [0, 0.1) is 17.0 Å². The Morgan fingerprint density at radius 1 is 1.13 bits per heavy atom. The second kappa shape index (κ2) is 12.0. The Bertz CT molecular complexity index is 1430. The van der Waals surface area contributed by atoms with Gasteiger partial charge in [0.05, 0.1) is 40.5 Å². The summed E-state index contributed by atoms with van der Waals surface area (Å²) >= 11 is 12.8. The van der Waals surface area contributed by atoms with Crippen molar-refractivity contribution < 1.29 is 9.66 Å². The number of anilines is 1. The van der Waals surface area contributed by atoms with Gasteiger partial charge in [0.25, 0.3) is 5.69 Å². The van der Waals surface area contributed by atoms with Gasteiger partial charge in [-0.3, -0.25) is 15.0 Å². The maximum absolute atomic E-state index is 11.0. The lowest BCUT2D eigenvalue weighted by atomic mass is 10.0. The number of halogens is 2. The average Bonchev–Trinajstić information content (AvgIpc) is 3.47. The van der Waals surface area contributed by atoms with Crippen LogP contribution in [0.25, 0.3) is 22.6 Å². The summed E-state index contributed by atoms with van der Waals surface area (Å²) in [5.74, 6) is 1.70. The van der Waals surface area contributed by atoms with Gasteiger partial charge in [0, 0.05) is 54.4 Å². The molecule has 0 amide bonds. The van der Waals surface area contributed by atoms with E-state index >= 15 is 0 Å². The molecule has 0 bridgehead atoms. The minimum Gasteiger partial charge on any atom is -0.379 e. The molecule has 201 valence electrons. The van der Waals surface area contributed by atoms with Crippen LogP contribution in [0.5, 0.6) is 0 Å². The molecule has 4 heterocycles. The number of H-pyrrole nitrogens is 1. The van der Waals surface area contributed by atoms with Crippen LogP contribution >= 0.6 is 23.2 Å². The third-order valence-electron chi connectivity index (χ3n) is 6.35. The minimum atomic E-state index is -0.485. The van der Waals surface area contributed by atoms with Gasteiger partial charge in [0.15, 0.2) is 0 Å². The van der Waals surface area contributed by atoms with E-state index in [2.05, 4.69) is 32.1 Å². The molecule has 3 aromatic heterocycles. The molecule has 2 N–H and O–H groups in total. The molecule has 4 aromatic rings. The van der Waals surface area contributed by atoms with Gasteiger partial charge in [-0.1, -0.05) is 23.2 Å². The molecule has 11 nitrogen and oxygen atoms in total. The summed E-state index contributed by atoms with van der Waals surface area (Å²) in [7, 11) is 0. The van der Waals surface area contributed by atoms with Gasteiger partial charge in [0.2, 0.25) is 0 Å². The molecule has 39 heavy (non-hydrogen) atoms. The lowest BCUT2D eigenvalue weighted by Crippen LogP contribution is -2.41.